The maximum Gasteiger partial charge on any atom is 0.232 e. The summed E-state index contributed by atoms with van der Waals surface area (Å²) in [6.45, 7) is 10.5. The first kappa shape index (κ1) is 18.0. The number of rotatable bonds is 9. The normalized spacial score (nSPS) is 11.1. The lowest BCUT2D eigenvalue weighted by Crippen LogP contribution is -2.35. The Labute approximate surface area is 133 Å². The van der Waals surface area contributed by atoms with E-state index in [4.69, 9.17) is 0 Å². The smallest absolute Gasteiger partial charge is 0.232 e. The van der Waals surface area contributed by atoms with Crippen LogP contribution in [-0.4, -0.2) is 34.6 Å². The Morgan fingerprint density at radius 2 is 1.76 bits per heavy atom. The lowest BCUT2D eigenvalue weighted by atomic mass is 10.1. The van der Waals surface area contributed by atoms with E-state index in [1.54, 1.807) is 6.20 Å². The minimum Gasteiger partial charge on any atom is -0.342 e. The van der Waals surface area contributed by atoms with Gasteiger partial charge in [0.1, 0.15) is 0 Å². The summed E-state index contributed by atoms with van der Waals surface area (Å²) in [5.41, 5.74) is 0. The maximum atomic E-state index is 12.4. The molecule has 0 radical (unpaired) electrons. The summed E-state index contributed by atoms with van der Waals surface area (Å²) in [5, 5.41) is 0.915. The average molecular weight is 308 g/mol. The lowest BCUT2D eigenvalue weighted by molar-refractivity contribution is -0.128. The van der Waals surface area contributed by atoms with E-state index in [1.165, 1.54) is 11.8 Å². The number of amides is 1. The van der Waals surface area contributed by atoms with Crippen molar-refractivity contribution in [3.05, 3.63) is 24.4 Å². The van der Waals surface area contributed by atoms with E-state index in [1.807, 2.05) is 23.1 Å². The van der Waals surface area contributed by atoms with Crippen LogP contribution >= 0.6 is 11.8 Å². The molecular weight excluding hydrogens is 280 g/mol. The highest BCUT2D eigenvalue weighted by Gasteiger charge is 2.15. The topological polar surface area (TPSA) is 33.2 Å². The number of hydrogen-bond donors (Lipinski definition) is 0. The van der Waals surface area contributed by atoms with E-state index in [-0.39, 0.29) is 5.91 Å². The third-order valence-corrected chi connectivity index (χ3v) is 4.22. The van der Waals surface area contributed by atoms with Crippen molar-refractivity contribution < 1.29 is 4.79 Å². The van der Waals surface area contributed by atoms with Crippen LogP contribution in [0.2, 0.25) is 0 Å². The zero-order valence-electron chi connectivity index (χ0n) is 13.7. The van der Waals surface area contributed by atoms with Crippen LogP contribution in [-0.2, 0) is 4.79 Å². The summed E-state index contributed by atoms with van der Waals surface area (Å²) in [4.78, 5) is 18.7. The molecule has 1 amide bonds. The number of carbonyl (C=O) groups is 1. The molecular formula is C17H28N2OS. The Morgan fingerprint density at radius 3 is 2.24 bits per heavy atom. The summed E-state index contributed by atoms with van der Waals surface area (Å²) in [7, 11) is 0. The molecule has 21 heavy (non-hydrogen) atoms. The van der Waals surface area contributed by atoms with Crippen molar-refractivity contribution in [3.63, 3.8) is 0 Å². The Morgan fingerprint density at radius 1 is 1.14 bits per heavy atom. The fourth-order valence-electron chi connectivity index (χ4n) is 1.85. The molecule has 0 unspecified atom stereocenters. The molecule has 0 bridgehead atoms. The van der Waals surface area contributed by atoms with Crippen molar-refractivity contribution in [2.75, 3.05) is 18.8 Å². The number of nitrogens with zero attached hydrogens (tertiary/aromatic N) is 2. The summed E-state index contributed by atoms with van der Waals surface area (Å²) in [5.74, 6) is 1.96. The molecule has 0 aliphatic rings. The van der Waals surface area contributed by atoms with Gasteiger partial charge in [-0.05, 0) is 36.8 Å². The van der Waals surface area contributed by atoms with Crippen molar-refractivity contribution in [2.45, 2.75) is 45.6 Å². The average Bonchev–Trinajstić information content (AvgIpc) is 2.45. The van der Waals surface area contributed by atoms with Crippen molar-refractivity contribution in [2.24, 2.45) is 11.8 Å². The second-order valence-electron chi connectivity index (χ2n) is 6.20. The van der Waals surface area contributed by atoms with Crippen molar-refractivity contribution in [3.8, 4) is 0 Å². The molecule has 1 rings (SSSR count). The Bertz CT molecular complexity index is 395. The monoisotopic (exact) mass is 308 g/mol. The molecule has 118 valence electrons. The molecule has 1 aromatic rings. The molecule has 0 N–H and O–H groups in total. The van der Waals surface area contributed by atoms with Crippen LogP contribution in [0.4, 0.5) is 0 Å². The summed E-state index contributed by atoms with van der Waals surface area (Å²) in [6, 6.07) is 5.79. The van der Waals surface area contributed by atoms with Crippen LogP contribution < -0.4 is 0 Å². The molecule has 4 heteroatoms. The summed E-state index contributed by atoms with van der Waals surface area (Å²) >= 11 is 1.52. The summed E-state index contributed by atoms with van der Waals surface area (Å²) in [6.07, 6.45) is 3.90. The fraction of sp³-hybridized carbons (Fsp3) is 0.647. The van der Waals surface area contributed by atoms with E-state index < -0.39 is 0 Å². The molecule has 0 spiro atoms. The molecule has 0 aliphatic heterocycles. The van der Waals surface area contributed by atoms with Crippen molar-refractivity contribution >= 4 is 17.7 Å². The standard InChI is InChI=1S/C17H28N2OS/c1-14(2)8-11-19(12-9-15(3)4)17(20)13-21-16-7-5-6-10-18-16/h5-7,10,14-15H,8-9,11-13H2,1-4H3. The van der Waals surface area contributed by atoms with Gasteiger partial charge < -0.3 is 4.90 Å². The number of aromatic nitrogens is 1. The predicted molar refractivity (Wildman–Crippen MR) is 90.5 cm³/mol. The lowest BCUT2D eigenvalue weighted by Gasteiger charge is -2.24. The SMILES string of the molecule is CC(C)CCN(CCC(C)C)C(=O)CSc1ccccn1. The Hall–Kier alpha value is -1.03. The molecule has 0 saturated carbocycles. The van der Waals surface area contributed by atoms with Gasteiger partial charge >= 0.3 is 0 Å². The summed E-state index contributed by atoms with van der Waals surface area (Å²) < 4.78 is 0. The quantitative estimate of drug-likeness (QED) is 0.644. The van der Waals surface area contributed by atoms with Gasteiger partial charge in [-0.25, -0.2) is 4.98 Å². The van der Waals surface area contributed by atoms with Crippen LogP contribution in [0.3, 0.4) is 0 Å². The minimum absolute atomic E-state index is 0.229. The van der Waals surface area contributed by atoms with Gasteiger partial charge in [0.25, 0.3) is 0 Å². The van der Waals surface area contributed by atoms with Gasteiger partial charge in [0.15, 0.2) is 0 Å². The van der Waals surface area contributed by atoms with Crippen molar-refractivity contribution in [1.82, 2.24) is 9.88 Å². The van der Waals surface area contributed by atoms with E-state index >= 15 is 0 Å². The third kappa shape index (κ3) is 8.10. The molecule has 1 aromatic heterocycles. The van der Waals surface area contributed by atoms with Gasteiger partial charge in [-0.2, -0.15) is 0 Å². The first-order valence-electron chi connectivity index (χ1n) is 7.80. The second kappa shape index (κ2) is 9.82. The van der Waals surface area contributed by atoms with Crippen molar-refractivity contribution in [1.29, 1.82) is 0 Å². The van der Waals surface area contributed by atoms with Crippen LogP contribution in [0.15, 0.2) is 29.4 Å². The van der Waals surface area contributed by atoms with Crippen LogP contribution in [0.25, 0.3) is 0 Å². The van der Waals surface area contributed by atoms with Gasteiger partial charge in [-0.15, -0.1) is 0 Å². The number of pyridine rings is 1. The minimum atomic E-state index is 0.229. The van der Waals surface area contributed by atoms with Gasteiger partial charge in [0.05, 0.1) is 10.8 Å². The number of thioether (sulfide) groups is 1. The zero-order valence-corrected chi connectivity index (χ0v) is 14.5. The predicted octanol–water partition coefficient (Wildman–Crippen LogP) is 4.09. The molecule has 1 heterocycles. The molecule has 0 saturated heterocycles. The molecule has 0 aliphatic carbocycles. The highest BCUT2D eigenvalue weighted by molar-refractivity contribution is 7.99. The fourth-order valence-corrected chi connectivity index (χ4v) is 2.61. The van der Waals surface area contributed by atoms with Crippen LogP contribution in [0, 0.1) is 11.8 Å². The van der Waals surface area contributed by atoms with Gasteiger partial charge in [0, 0.05) is 19.3 Å². The highest BCUT2D eigenvalue weighted by Crippen LogP contribution is 2.16. The molecule has 0 fully saturated rings. The number of hydrogen-bond acceptors (Lipinski definition) is 3. The van der Waals surface area contributed by atoms with E-state index in [2.05, 4.69) is 32.7 Å². The van der Waals surface area contributed by atoms with E-state index in [9.17, 15) is 4.79 Å². The zero-order chi connectivity index (χ0) is 15.7. The van der Waals surface area contributed by atoms with Gasteiger partial charge in [0.2, 0.25) is 5.91 Å². The largest absolute Gasteiger partial charge is 0.342 e. The van der Waals surface area contributed by atoms with E-state index in [0.29, 0.717) is 17.6 Å². The molecule has 0 atom stereocenters. The number of carbonyl (C=O) groups excluding carboxylic acids is 1. The molecule has 3 nitrogen and oxygen atoms in total. The maximum absolute atomic E-state index is 12.4. The second-order valence-corrected chi connectivity index (χ2v) is 7.20. The van der Waals surface area contributed by atoms with Crippen LogP contribution in [0.5, 0.6) is 0 Å². The third-order valence-electron chi connectivity index (χ3n) is 3.29. The highest BCUT2D eigenvalue weighted by atomic mass is 32.2. The molecule has 0 aromatic carbocycles. The first-order valence-corrected chi connectivity index (χ1v) is 8.79. The first-order chi connectivity index (χ1) is 9.99. The van der Waals surface area contributed by atoms with Gasteiger partial charge in [-0.3, -0.25) is 4.79 Å². The van der Waals surface area contributed by atoms with Gasteiger partial charge in [-0.1, -0.05) is 45.5 Å². The Balaban J connectivity index is 2.48. The van der Waals surface area contributed by atoms with E-state index in [0.717, 1.165) is 31.0 Å². The van der Waals surface area contributed by atoms with Crippen LogP contribution in [0.1, 0.15) is 40.5 Å². The Kier molecular flexibility index (Phi) is 8.43.